The van der Waals surface area contributed by atoms with Gasteiger partial charge in [0, 0.05) is 41.4 Å². The first-order valence-corrected chi connectivity index (χ1v) is 12.4. The van der Waals surface area contributed by atoms with E-state index in [0.29, 0.717) is 16.6 Å². The molecule has 0 unspecified atom stereocenters. The van der Waals surface area contributed by atoms with Gasteiger partial charge in [0.05, 0.1) is 21.6 Å². The molecular formula is C24H17F3N6O2S. The first kappa shape index (κ1) is 23.5. The maximum Gasteiger partial charge on any atom is 0.412 e. The van der Waals surface area contributed by atoms with E-state index in [4.69, 9.17) is 0 Å². The van der Waals surface area contributed by atoms with Crippen LogP contribution in [0.3, 0.4) is 0 Å². The number of pyridine rings is 3. The van der Waals surface area contributed by atoms with Crippen LogP contribution in [-0.2, 0) is 9.84 Å². The molecular weight excluding hydrogens is 493 g/mol. The summed E-state index contributed by atoms with van der Waals surface area (Å²) in [7, 11) is -3.59. The third kappa shape index (κ3) is 4.54. The summed E-state index contributed by atoms with van der Waals surface area (Å²) in [5.74, 6) is -0.106. The van der Waals surface area contributed by atoms with Crippen LogP contribution in [0, 0.1) is 0 Å². The summed E-state index contributed by atoms with van der Waals surface area (Å²) in [5.41, 5.74) is 1.06. The first-order chi connectivity index (χ1) is 17.1. The van der Waals surface area contributed by atoms with Crippen LogP contribution in [-0.4, -0.2) is 45.8 Å². The average molecular weight is 511 g/mol. The van der Waals surface area contributed by atoms with Crippen molar-refractivity contribution in [2.75, 3.05) is 11.6 Å². The number of nitrogens with one attached hydrogen (secondary N) is 1. The zero-order valence-corrected chi connectivity index (χ0v) is 19.4. The highest BCUT2D eigenvalue weighted by Gasteiger charge is 2.43. The van der Waals surface area contributed by atoms with Crippen molar-refractivity contribution in [2.45, 2.75) is 17.1 Å². The molecule has 1 N–H and O–H groups in total. The Morgan fingerprint density at radius 2 is 1.75 bits per heavy atom. The molecule has 0 aliphatic heterocycles. The second kappa shape index (κ2) is 8.79. The normalized spacial score (nSPS) is 13.1. The Bertz CT molecular complexity index is 1690. The lowest BCUT2D eigenvalue weighted by atomic mass is 9.98. The molecule has 5 aromatic rings. The third-order valence-electron chi connectivity index (χ3n) is 5.49. The van der Waals surface area contributed by atoms with E-state index in [-0.39, 0.29) is 32.9 Å². The molecule has 4 heterocycles. The van der Waals surface area contributed by atoms with Crippen molar-refractivity contribution in [2.24, 2.45) is 0 Å². The van der Waals surface area contributed by atoms with Crippen LogP contribution in [0.25, 0.3) is 33.2 Å². The number of anilines is 1. The number of aromatic nitrogens is 5. The molecule has 0 bridgehead atoms. The topological polar surface area (TPSA) is 111 Å². The predicted molar refractivity (Wildman–Crippen MR) is 128 cm³/mol. The quantitative estimate of drug-likeness (QED) is 0.361. The molecule has 5 rings (SSSR count). The number of sulfone groups is 1. The number of nitrogens with zero attached hydrogens (tertiary/aromatic N) is 5. The van der Waals surface area contributed by atoms with E-state index in [1.54, 1.807) is 24.3 Å². The van der Waals surface area contributed by atoms with Gasteiger partial charge in [-0.15, -0.1) is 0 Å². The van der Waals surface area contributed by atoms with Gasteiger partial charge >= 0.3 is 6.18 Å². The maximum absolute atomic E-state index is 14.6. The summed E-state index contributed by atoms with van der Waals surface area (Å²) >= 11 is 0. The Labute approximate surface area is 203 Å². The van der Waals surface area contributed by atoms with E-state index in [0.717, 1.165) is 12.6 Å². The van der Waals surface area contributed by atoms with Gasteiger partial charge in [-0.3, -0.25) is 9.97 Å². The van der Waals surface area contributed by atoms with Gasteiger partial charge in [-0.1, -0.05) is 0 Å². The average Bonchev–Trinajstić information content (AvgIpc) is 2.85. The highest BCUT2D eigenvalue weighted by molar-refractivity contribution is 7.90. The van der Waals surface area contributed by atoms with Gasteiger partial charge in [0.1, 0.15) is 11.8 Å². The van der Waals surface area contributed by atoms with Crippen molar-refractivity contribution in [3.63, 3.8) is 0 Å². The first-order valence-electron chi connectivity index (χ1n) is 10.6. The zero-order chi connectivity index (χ0) is 25.5. The lowest BCUT2D eigenvalue weighted by Gasteiger charge is -2.25. The van der Waals surface area contributed by atoms with Crippen molar-refractivity contribution < 1.29 is 21.6 Å². The Morgan fingerprint density at radius 1 is 0.944 bits per heavy atom. The number of benzene rings is 1. The van der Waals surface area contributed by atoms with Crippen molar-refractivity contribution in [3.8, 4) is 11.3 Å². The van der Waals surface area contributed by atoms with Crippen LogP contribution in [0.4, 0.5) is 19.0 Å². The summed E-state index contributed by atoms with van der Waals surface area (Å²) in [5, 5.41) is 2.72. The number of hydrogen-bond acceptors (Lipinski definition) is 8. The lowest BCUT2D eigenvalue weighted by Crippen LogP contribution is -2.29. The fourth-order valence-electron chi connectivity index (χ4n) is 3.83. The van der Waals surface area contributed by atoms with Gasteiger partial charge in [0.2, 0.25) is 0 Å². The number of rotatable bonds is 5. The number of alkyl halides is 3. The molecule has 0 aliphatic carbocycles. The highest BCUT2D eigenvalue weighted by Crippen LogP contribution is 2.41. The number of halogens is 3. The molecule has 0 saturated heterocycles. The Balaban J connectivity index is 1.76. The van der Waals surface area contributed by atoms with Crippen LogP contribution in [0.5, 0.6) is 0 Å². The second-order valence-electron chi connectivity index (χ2n) is 8.01. The summed E-state index contributed by atoms with van der Waals surface area (Å²) in [6, 6.07) is 9.61. The molecule has 0 aliphatic rings. The molecule has 0 spiro atoms. The minimum absolute atomic E-state index is 0.0283. The summed E-state index contributed by atoms with van der Waals surface area (Å²) in [6.07, 6.45) is 1.74. The molecule has 1 aromatic carbocycles. The molecule has 0 amide bonds. The fourth-order valence-corrected chi connectivity index (χ4v) is 4.48. The lowest BCUT2D eigenvalue weighted by molar-refractivity contribution is -0.143. The largest absolute Gasteiger partial charge is 0.412 e. The van der Waals surface area contributed by atoms with E-state index in [9.17, 15) is 21.6 Å². The van der Waals surface area contributed by atoms with Crippen LogP contribution >= 0.6 is 0 Å². The monoisotopic (exact) mass is 510 g/mol. The van der Waals surface area contributed by atoms with E-state index < -0.39 is 22.1 Å². The zero-order valence-electron chi connectivity index (χ0n) is 18.6. The summed E-state index contributed by atoms with van der Waals surface area (Å²) in [6.45, 7) is 0. The predicted octanol–water partition coefficient (Wildman–Crippen LogP) is 4.75. The summed E-state index contributed by atoms with van der Waals surface area (Å²) < 4.78 is 67.9. The molecule has 8 nitrogen and oxygen atoms in total. The number of fused-ring (bicyclic) bond motifs is 2. The van der Waals surface area contributed by atoms with Crippen molar-refractivity contribution in [1.29, 1.82) is 0 Å². The third-order valence-corrected chi connectivity index (χ3v) is 6.60. The van der Waals surface area contributed by atoms with Gasteiger partial charge in [0.25, 0.3) is 0 Å². The Kier molecular flexibility index (Phi) is 5.75. The molecule has 0 fully saturated rings. The molecule has 1 atom stereocenters. The van der Waals surface area contributed by atoms with E-state index in [1.807, 2.05) is 0 Å². The van der Waals surface area contributed by atoms with Crippen LogP contribution in [0.1, 0.15) is 11.6 Å². The smallest absolute Gasteiger partial charge is 0.353 e. The van der Waals surface area contributed by atoms with Crippen molar-refractivity contribution >= 4 is 37.6 Å². The van der Waals surface area contributed by atoms with Crippen molar-refractivity contribution in [3.05, 3.63) is 79.0 Å². The van der Waals surface area contributed by atoms with Gasteiger partial charge < -0.3 is 5.32 Å². The molecule has 182 valence electrons. The summed E-state index contributed by atoms with van der Waals surface area (Å²) in [4.78, 5) is 20.7. The fraction of sp³-hybridized carbons (Fsp3) is 0.125. The van der Waals surface area contributed by atoms with Gasteiger partial charge in [-0.2, -0.15) is 13.2 Å². The van der Waals surface area contributed by atoms with E-state index in [2.05, 4.69) is 30.2 Å². The standard InChI is InChI=1S/C24H17F3N6O2S/c1-36(34,35)16-6-7-18-15(10-16)11-17(20(32-18)14-4-2-8-28-12-14)22(24(25,26)27)33-23-21-19(30-13-31-23)5-3-9-29-21/h2-13,22H,1H3,(H,30,31,33)/t22-/m1/s1. The molecule has 0 radical (unpaired) electrons. The molecule has 0 saturated carbocycles. The second-order valence-corrected chi connectivity index (χ2v) is 10.0. The van der Waals surface area contributed by atoms with Gasteiger partial charge in [0.15, 0.2) is 21.7 Å². The highest BCUT2D eigenvalue weighted by atomic mass is 32.2. The molecule has 12 heteroatoms. The van der Waals surface area contributed by atoms with E-state index in [1.165, 1.54) is 42.9 Å². The van der Waals surface area contributed by atoms with E-state index >= 15 is 0 Å². The van der Waals surface area contributed by atoms with Gasteiger partial charge in [-0.05, 0) is 48.5 Å². The van der Waals surface area contributed by atoms with Gasteiger partial charge in [-0.25, -0.2) is 23.4 Å². The minimum Gasteiger partial charge on any atom is -0.353 e. The SMILES string of the molecule is CS(=O)(=O)c1ccc2nc(-c3cccnc3)c([C@@H](Nc3ncnc4cccnc34)C(F)(F)F)cc2c1. The minimum atomic E-state index is -4.78. The van der Waals surface area contributed by atoms with Crippen LogP contribution in [0.2, 0.25) is 0 Å². The Hall–Kier alpha value is -4.19. The van der Waals surface area contributed by atoms with Crippen LogP contribution in [0.15, 0.2) is 78.3 Å². The van der Waals surface area contributed by atoms with Crippen LogP contribution < -0.4 is 5.32 Å². The maximum atomic E-state index is 14.6. The van der Waals surface area contributed by atoms with Crippen molar-refractivity contribution in [1.82, 2.24) is 24.9 Å². The molecule has 36 heavy (non-hydrogen) atoms. The number of hydrogen-bond donors (Lipinski definition) is 1. The molecule has 4 aromatic heterocycles. The Morgan fingerprint density at radius 3 is 2.47 bits per heavy atom.